The molecule has 26 atom stereocenters. The minimum Gasteiger partial charge on any atom is -0.444 e. The van der Waals surface area contributed by atoms with Crippen LogP contribution < -0.4 is 10.6 Å². The zero-order valence-electron chi connectivity index (χ0n) is 62.2. The van der Waals surface area contributed by atoms with Crippen LogP contribution in [0.25, 0.3) is 0 Å². The predicted octanol–water partition coefficient (Wildman–Crippen LogP) is 4.14. The number of benzene rings is 6. The van der Waals surface area contributed by atoms with Gasteiger partial charge in [-0.15, -0.1) is 0 Å². The number of methoxy groups -OCH3 is 1. The van der Waals surface area contributed by atoms with Crippen molar-refractivity contribution in [2.75, 3.05) is 33.5 Å². The first-order valence-electron chi connectivity index (χ1n) is 37.0. The van der Waals surface area contributed by atoms with E-state index in [1.165, 1.54) is 21.0 Å². The molecule has 6 aromatic rings. The van der Waals surface area contributed by atoms with Crippen LogP contribution in [0, 0.1) is 0 Å². The molecule has 5 fully saturated rings. The fourth-order valence-corrected chi connectivity index (χ4v) is 13.5. The molecule has 0 bridgehead atoms. The topological polar surface area (TPSA) is 377 Å². The minimum atomic E-state index is -2.12. The zero-order valence-corrected chi connectivity index (χ0v) is 62.2. The summed E-state index contributed by atoms with van der Waals surface area (Å²) in [6, 6.07) is 52.4. The summed E-state index contributed by atoms with van der Waals surface area (Å²) in [5.41, 5.74) is 3.55. The third-order valence-corrected chi connectivity index (χ3v) is 19.4. The van der Waals surface area contributed by atoms with Gasteiger partial charge in [0.05, 0.1) is 72.2 Å². The highest BCUT2D eigenvalue weighted by atomic mass is 16.8. The van der Waals surface area contributed by atoms with Gasteiger partial charge in [-0.25, -0.2) is 4.79 Å². The van der Waals surface area contributed by atoms with Gasteiger partial charge in [0, 0.05) is 7.11 Å². The Labute approximate surface area is 639 Å². The van der Waals surface area contributed by atoms with Crippen molar-refractivity contribution in [2.45, 2.75) is 239 Å². The second-order valence-corrected chi connectivity index (χ2v) is 28.8. The second kappa shape index (κ2) is 40.7. The molecule has 5 aliphatic rings. The zero-order chi connectivity index (χ0) is 77.8. The number of carbonyl (C=O) groups excluding carboxylic acids is 2. The number of alkyl carbamates (subject to hydrolysis) is 1. The smallest absolute Gasteiger partial charge is 0.408 e. The average molecular weight is 1540 g/mol. The number of hydrogen-bond donors (Lipinski definition) is 10. The Hall–Kier alpha value is -6.90. The fraction of sp³-hybridized carbons (Fsp3) is 0.531. The molecule has 600 valence electrons. The van der Waals surface area contributed by atoms with Gasteiger partial charge in [-0.1, -0.05) is 182 Å². The van der Waals surface area contributed by atoms with Gasteiger partial charge in [-0.2, -0.15) is 0 Å². The Morgan fingerprint density at radius 1 is 0.400 bits per heavy atom. The van der Waals surface area contributed by atoms with E-state index in [2.05, 4.69) is 10.6 Å². The van der Waals surface area contributed by atoms with Gasteiger partial charge in [0.15, 0.2) is 31.5 Å². The molecule has 11 rings (SSSR count). The monoisotopic (exact) mass is 1540 g/mol. The van der Waals surface area contributed by atoms with Crippen molar-refractivity contribution in [3.05, 3.63) is 215 Å². The largest absolute Gasteiger partial charge is 0.444 e. The Balaban J connectivity index is 0.959. The summed E-state index contributed by atoms with van der Waals surface area (Å²) < 4.78 is 111. The third-order valence-electron chi connectivity index (χ3n) is 19.4. The Bertz CT molecular complexity index is 3660. The van der Waals surface area contributed by atoms with Crippen LogP contribution in [0.15, 0.2) is 182 Å². The number of nitrogens with one attached hydrogen (secondary N) is 2. The second-order valence-electron chi connectivity index (χ2n) is 28.8. The molecule has 0 aromatic heterocycles. The van der Waals surface area contributed by atoms with Gasteiger partial charge in [-0.05, 0) is 68.0 Å². The van der Waals surface area contributed by atoms with Gasteiger partial charge in [0.2, 0.25) is 5.91 Å². The molecule has 10 N–H and O–H groups in total. The summed E-state index contributed by atoms with van der Waals surface area (Å²) in [6.07, 6.45) is -37.9. The van der Waals surface area contributed by atoms with Crippen molar-refractivity contribution in [1.29, 1.82) is 0 Å². The highest BCUT2D eigenvalue weighted by Crippen LogP contribution is 2.38. The molecular weight excluding hydrogens is 1430 g/mol. The first kappa shape index (κ1) is 84.0. The number of aliphatic hydroxyl groups excluding tert-OH is 8. The van der Waals surface area contributed by atoms with Crippen molar-refractivity contribution < 1.29 is 131 Å². The van der Waals surface area contributed by atoms with E-state index in [1.807, 2.05) is 158 Å². The lowest BCUT2D eigenvalue weighted by Crippen LogP contribution is -2.71. The van der Waals surface area contributed by atoms with Gasteiger partial charge in [0.1, 0.15) is 128 Å². The summed E-state index contributed by atoms with van der Waals surface area (Å²) in [5, 5.41) is 99.1. The molecule has 0 spiro atoms. The van der Waals surface area contributed by atoms with Crippen LogP contribution in [0.3, 0.4) is 0 Å². The standard InChI is InChI=1S/C81H104N2O27/c1-47(82-80(93)110-81(3,4)5)74(92)83-59-70(109-77-65(90)63(88)61(86)56(105-77)45-102-78-73(100-43-54-35-23-12-24-36-54)72(99-42-53-33-21-11-22-34-53)68(55(37-84)104-78)97-40-51-29-17-9-18-30-51)69(57(106-75(59)94-6)44-95-38-49-25-13-7-14-26-49)108-79-71(98-41-52-31-19-10-20-32-52)66(91)67(96-39-50-27-15-8-16-28-50)58(107-79)46-101-76-64(89)62(87)60(85)48(2)103-76/h7-36,47-48,55-73,75-79,84-91H,37-46H2,1-6H3,(H,82,93)(H,83,92)/t47-,48-,55+,56+,57+,58+,59+,60-,61+,62+,63-,64+,65+,66-,67+,68+,69-,70+,71+,72-,73+,75-,76+,77-,78-,79+/m0/s1. The van der Waals surface area contributed by atoms with Crippen molar-refractivity contribution in [1.82, 2.24) is 10.6 Å². The molecule has 5 saturated heterocycles. The van der Waals surface area contributed by atoms with Crippen LogP contribution in [-0.2, 0) is 125 Å². The first-order chi connectivity index (χ1) is 53.1. The summed E-state index contributed by atoms with van der Waals surface area (Å²) in [5.74, 6) is -0.857. The maximum absolute atomic E-state index is 14.9. The third kappa shape index (κ3) is 22.7. The summed E-state index contributed by atoms with van der Waals surface area (Å²) >= 11 is 0. The highest BCUT2D eigenvalue weighted by Gasteiger charge is 2.58. The Morgan fingerprint density at radius 3 is 1.32 bits per heavy atom. The van der Waals surface area contributed by atoms with E-state index in [1.54, 1.807) is 45.0 Å². The van der Waals surface area contributed by atoms with Crippen LogP contribution in [0.1, 0.15) is 68.0 Å². The predicted molar refractivity (Wildman–Crippen MR) is 389 cm³/mol. The Kier molecular flexibility index (Phi) is 31.1. The summed E-state index contributed by atoms with van der Waals surface area (Å²) in [7, 11) is 1.29. The molecule has 0 saturated carbocycles. The molecule has 29 nitrogen and oxygen atoms in total. The molecule has 6 aromatic carbocycles. The molecular formula is C81H104N2O27. The van der Waals surface area contributed by atoms with Crippen LogP contribution in [0.5, 0.6) is 0 Å². The van der Waals surface area contributed by atoms with E-state index in [9.17, 15) is 50.4 Å². The van der Waals surface area contributed by atoms with Gasteiger partial charge in [0.25, 0.3) is 0 Å². The maximum atomic E-state index is 14.9. The summed E-state index contributed by atoms with van der Waals surface area (Å²) in [4.78, 5) is 28.2. The van der Waals surface area contributed by atoms with Crippen molar-refractivity contribution in [2.24, 2.45) is 0 Å². The normalized spacial score (nSPS) is 33.0. The van der Waals surface area contributed by atoms with Crippen LogP contribution in [-0.4, -0.2) is 252 Å². The quantitative estimate of drug-likeness (QED) is 0.0271. The highest BCUT2D eigenvalue weighted by molar-refractivity contribution is 5.85. The van der Waals surface area contributed by atoms with Crippen molar-refractivity contribution >= 4 is 12.0 Å². The van der Waals surface area contributed by atoms with Gasteiger partial charge in [-0.3, -0.25) is 4.79 Å². The van der Waals surface area contributed by atoms with E-state index >= 15 is 0 Å². The average Bonchev–Trinajstić information content (AvgIpc) is 0.774. The number of hydrogen-bond acceptors (Lipinski definition) is 27. The Morgan fingerprint density at radius 2 is 0.809 bits per heavy atom. The molecule has 5 heterocycles. The lowest BCUT2D eigenvalue weighted by atomic mass is 9.94. The molecule has 0 aliphatic carbocycles. The van der Waals surface area contributed by atoms with Crippen LogP contribution in [0.2, 0.25) is 0 Å². The lowest BCUT2D eigenvalue weighted by molar-refractivity contribution is -0.384. The van der Waals surface area contributed by atoms with Gasteiger partial charge >= 0.3 is 6.09 Å². The number of rotatable bonds is 34. The van der Waals surface area contributed by atoms with E-state index in [4.69, 9.17) is 80.5 Å². The lowest BCUT2D eigenvalue weighted by Gasteiger charge is -2.51. The molecule has 29 heteroatoms. The van der Waals surface area contributed by atoms with Crippen molar-refractivity contribution in [3.63, 3.8) is 0 Å². The number of carbonyl (C=O) groups is 2. The van der Waals surface area contributed by atoms with E-state index in [0.717, 1.165) is 22.3 Å². The molecule has 5 aliphatic heterocycles. The number of amides is 2. The molecule has 2 amide bonds. The van der Waals surface area contributed by atoms with Crippen molar-refractivity contribution in [3.8, 4) is 0 Å². The molecule has 0 radical (unpaired) electrons. The van der Waals surface area contributed by atoms with Crippen LogP contribution >= 0.6 is 0 Å². The maximum Gasteiger partial charge on any atom is 0.408 e. The first-order valence-corrected chi connectivity index (χ1v) is 37.0. The van der Waals surface area contributed by atoms with Gasteiger partial charge < -0.3 is 132 Å². The molecule has 0 unspecified atom stereocenters. The van der Waals surface area contributed by atoms with Crippen LogP contribution in [0.4, 0.5) is 4.79 Å². The van der Waals surface area contributed by atoms with E-state index in [-0.39, 0.29) is 46.2 Å². The number of aliphatic hydroxyl groups is 8. The van der Waals surface area contributed by atoms with E-state index in [0.29, 0.717) is 11.1 Å². The minimum absolute atomic E-state index is 0.00469. The summed E-state index contributed by atoms with van der Waals surface area (Å²) in [6.45, 7) is 5.64. The van der Waals surface area contributed by atoms with E-state index < -0.39 is 197 Å². The fourth-order valence-electron chi connectivity index (χ4n) is 13.5. The number of ether oxygens (including phenoxy) is 17. The molecule has 110 heavy (non-hydrogen) atoms. The SMILES string of the molecule is CO[C@H]1O[C@H](COCc2ccccc2)[C@H](O[C@H]2O[C@H](CO[C@@H]3O[C@@H](C)[C@H](O)[C@@H](O)[C@H]3O)[C@@H](OCc3ccccc3)[C@H](O)[C@H]2OCc2ccccc2)[C@H](O[C@@H]2O[C@H](CO[C@H]3O[C@H](CO)[C@@H](OCc4ccccc4)[C@H](OCc4ccccc4)[C@H]3OCc3ccccc3)[C@@H](O)[C@H](O)[C@H]2O)[C@H]1NC(=O)[C@H](C)NC(=O)OC(C)(C)C.